The number of H-pyrrole nitrogens is 1. The molecular formula is C21H24N2O4. The van der Waals surface area contributed by atoms with Crippen LogP contribution in [0.4, 0.5) is 0 Å². The van der Waals surface area contributed by atoms with Gasteiger partial charge in [-0.15, -0.1) is 0 Å². The Morgan fingerprint density at radius 2 is 1.85 bits per heavy atom. The Hall–Kier alpha value is -2.83. The number of benzene rings is 2. The average molecular weight is 368 g/mol. The molecule has 3 aromatic rings. The average Bonchev–Trinajstić information content (AvgIpc) is 3.09. The molecular weight excluding hydrogens is 344 g/mol. The highest BCUT2D eigenvalue weighted by molar-refractivity contribution is 5.85. The zero-order chi connectivity index (χ0) is 19.1. The van der Waals surface area contributed by atoms with Crippen molar-refractivity contribution in [2.75, 3.05) is 20.8 Å². The van der Waals surface area contributed by atoms with E-state index in [2.05, 4.69) is 10.3 Å². The molecule has 0 atom stereocenters. The first-order valence-corrected chi connectivity index (χ1v) is 8.78. The van der Waals surface area contributed by atoms with Gasteiger partial charge in [0.15, 0.2) is 6.29 Å². The van der Waals surface area contributed by atoms with E-state index < -0.39 is 6.29 Å². The van der Waals surface area contributed by atoms with Crippen LogP contribution >= 0.6 is 0 Å². The topological polar surface area (TPSA) is 72.6 Å². The second-order valence-corrected chi connectivity index (χ2v) is 6.20. The Morgan fingerprint density at radius 1 is 1.07 bits per heavy atom. The van der Waals surface area contributed by atoms with Gasteiger partial charge in [-0.05, 0) is 29.8 Å². The number of nitrogens with one attached hydrogen (secondary N) is 2. The third kappa shape index (κ3) is 5.32. The van der Waals surface area contributed by atoms with E-state index in [1.165, 1.54) is 14.2 Å². The van der Waals surface area contributed by atoms with E-state index in [-0.39, 0.29) is 12.3 Å². The maximum absolute atomic E-state index is 12.1. The Morgan fingerprint density at radius 3 is 2.59 bits per heavy atom. The minimum Gasteiger partial charge on any atom is -0.489 e. The summed E-state index contributed by atoms with van der Waals surface area (Å²) in [6.45, 7) is 0.829. The van der Waals surface area contributed by atoms with Crippen LogP contribution in [0.1, 0.15) is 11.3 Å². The minimum absolute atomic E-state index is 0.0961. The van der Waals surface area contributed by atoms with Crippen molar-refractivity contribution in [3.63, 3.8) is 0 Å². The summed E-state index contributed by atoms with van der Waals surface area (Å²) in [7, 11) is 3.07. The summed E-state index contributed by atoms with van der Waals surface area (Å²) in [6.07, 6.45) is -0.185. The maximum Gasteiger partial charge on any atom is 0.226 e. The second-order valence-electron chi connectivity index (χ2n) is 6.20. The molecule has 0 bridgehead atoms. The van der Waals surface area contributed by atoms with Gasteiger partial charge in [0.25, 0.3) is 0 Å². The highest BCUT2D eigenvalue weighted by Gasteiger charge is 2.10. The Kier molecular flexibility index (Phi) is 6.46. The molecule has 0 radical (unpaired) electrons. The molecule has 0 spiro atoms. The SMILES string of the molecule is COC(CNC(=O)Cc1cc2cc(OCc3ccccc3)ccc2[nH]1)OC. The summed E-state index contributed by atoms with van der Waals surface area (Å²) >= 11 is 0. The van der Waals surface area contributed by atoms with Gasteiger partial charge in [-0.1, -0.05) is 30.3 Å². The number of ether oxygens (including phenoxy) is 3. The van der Waals surface area contributed by atoms with Crippen LogP contribution in [0.5, 0.6) is 5.75 Å². The molecule has 0 unspecified atom stereocenters. The van der Waals surface area contributed by atoms with E-state index in [4.69, 9.17) is 14.2 Å². The lowest BCUT2D eigenvalue weighted by atomic mass is 10.2. The van der Waals surface area contributed by atoms with Gasteiger partial charge < -0.3 is 24.5 Å². The highest BCUT2D eigenvalue weighted by Crippen LogP contribution is 2.22. The van der Waals surface area contributed by atoms with Crippen LogP contribution in [0, 0.1) is 0 Å². The molecule has 2 aromatic carbocycles. The van der Waals surface area contributed by atoms with Gasteiger partial charge in [0.2, 0.25) is 5.91 Å². The summed E-state index contributed by atoms with van der Waals surface area (Å²) < 4.78 is 16.0. The first-order chi connectivity index (χ1) is 13.2. The molecule has 6 heteroatoms. The molecule has 0 aliphatic rings. The zero-order valence-corrected chi connectivity index (χ0v) is 15.5. The summed E-state index contributed by atoms with van der Waals surface area (Å²) in [6, 6.07) is 17.9. The number of hydrogen-bond donors (Lipinski definition) is 2. The molecule has 1 amide bonds. The largest absolute Gasteiger partial charge is 0.489 e. The van der Waals surface area contributed by atoms with Crippen molar-refractivity contribution in [3.8, 4) is 5.75 Å². The first kappa shape index (κ1) is 18.9. The molecule has 3 rings (SSSR count). The third-order valence-electron chi connectivity index (χ3n) is 4.24. The van der Waals surface area contributed by atoms with Crippen molar-refractivity contribution in [1.29, 1.82) is 0 Å². The lowest BCUT2D eigenvalue weighted by Gasteiger charge is -2.13. The van der Waals surface area contributed by atoms with E-state index in [1.807, 2.05) is 54.6 Å². The highest BCUT2D eigenvalue weighted by atomic mass is 16.7. The van der Waals surface area contributed by atoms with Crippen LogP contribution in [-0.2, 0) is 27.3 Å². The second kappa shape index (κ2) is 9.21. The molecule has 0 aliphatic heterocycles. The van der Waals surface area contributed by atoms with Crippen molar-refractivity contribution in [2.24, 2.45) is 0 Å². The summed E-state index contributed by atoms with van der Waals surface area (Å²) in [5.41, 5.74) is 2.93. The van der Waals surface area contributed by atoms with Gasteiger partial charge in [-0.3, -0.25) is 4.79 Å². The molecule has 6 nitrogen and oxygen atoms in total. The lowest BCUT2D eigenvalue weighted by molar-refractivity contribution is -0.126. The minimum atomic E-state index is -0.444. The van der Waals surface area contributed by atoms with E-state index in [0.717, 1.165) is 27.9 Å². The Bertz CT molecular complexity index is 872. The number of aromatic nitrogens is 1. The normalized spacial score (nSPS) is 11.1. The number of carbonyl (C=O) groups is 1. The van der Waals surface area contributed by atoms with Gasteiger partial charge in [0, 0.05) is 30.8 Å². The van der Waals surface area contributed by atoms with E-state index in [1.54, 1.807) is 0 Å². The van der Waals surface area contributed by atoms with Crippen molar-refractivity contribution in [3.05, 3.63) is 65.9 Å². The predicted molar refractivity (Wildman–Crippen MR) is 104 cm³/mol. The summed E-state index contributed by atoms with van der Waals surface area (Å²) in [4.78, 5) is 15.3. The molecule has 0 saturated heterocycles. The molecule has 0 aliphatic carbocycles. The van der Waals surface area contributed by atoms with Gasteiger partial charge in [-0.25, -0.2) is 0 Å². The van der Waals surface area contributed by atoms with Crippen molar-refractivity contribution in [2.45, 2.75) is 19.3 Å². The predicted octanol–water partition coefficient (Wildman–Crippen LogP) is 3.02. The molecule has 1 heterocycles. The van der Waals surface area contributed by atoms with Crippen LogP contribution in [-0.4, -0.2) is 37.9 Å². The van der Waals surface area contributed by atoms with E-state index >= 15 is 0 Å². The number of rotatable bonds is 9. The van der Waals surface area contributed by atoms with Crippen LogP contribution in [0.15, 0.2) is 54.6 Å². The zero-order valence-electron chi connectivity index (χ0n) is 15.5. The molecule has 1 aromatic heterocycles. The number of amides is 1. The van der Waals surface area contributed by atoms with Crippen LogP contribution < -0.4 is 10.1 Å². The number of aromatic amines is 1. The van der Waals surface area contributed by atoms with Crippen LogP contribution in [0.2, 0.25) is 0 Å². The summed E-state index contributed by atoms with van der Waals surface area (Å²) in [5, 5.41) is 3.80. The maximum atomic E-state index is 12.1. The van der Waals surface area contributed by atoms with Gasteiger partial charge >= 0.3 is 0 Å². The smallest absolute Gasteiger partial charge is 0.226 e. The number of hydrogen-bond acceptors (Lipinski definition) is 4. The first-order valence-electron chi connectivity index (χ1n) is 8.78. The molecule has 142 valence electrons. The third-order valence-corrected chi connectivity index (χ3v) is 4.24. The number of carbonyl (C=O) groups excluding carboxylic acids is 1. The standard InChI is InChI=1S/C21H24N2O4/c1-25-21(26-2)13-22-20(24)12-17-10-16-11-18(8-9-19(16)23-17)27-14-15-6-4-3-5-7-15/h3-11,21,23H,12-14H2,1-2H3,(H,22,24). The lowest BCUT2D eigenvalue weighted by Crippen LogP contribution is -2.35. The van der Waals surface area contributed by atoms with Gasteiger partial charge in [0.05, 0.1) is 13.0 Å². The molecule has 0 saturated carbocycles. The monoisotopic (exact) mass is 368 g/mol. The number of fused-ring (bicyclic) bond motifs is 1. The summed E-state index contributed by atoms with van der Waals surface area (Å²) in [5.74, 6) is 0.700. The van der Waals surface area contributed by atoms with E-state index in [9.17, 15) is 4.79 Å². The fraction of sp³-hybridized carbons (Fsp3) is 0.286. The quantitative estimate of drug-likeness (QED) is 0.570. The number of methoxy groups -OCH3 is 2. The van der Waals surface area contributed by atoms with Crippen molar-refractivity contribution >= 4 is 16.8 Å². The fourth-order valence-electron chi connectivity index (χ4n) is 2.79. The van der Waals surface area contributed by atoms with Crippen molar-refractivity contribution < 1.29 is 19.0 Å². The Labute approximate surface area is 158 Å². The van der Waals surface area contributed by atoms with Crippen LogP contribution in [0.25, 0.3) is 10.9 Å². The molecule has 2 N–H and O–H groups in total. The molecule has 0 fully saturated rings. The van der Waals surface area contributed by atoms with E-state index in [0.29, 0.717) is 13.2 Å². The van der Waals surface area contributed by atoms with Gasteiger partial charge in [0.1, 0.15) is 12.4 Å². The molecule has 27 heavy (non-hydrogen) atoms. The van der Waals surface area contributed by atoms with Gasteiger partial charge in [-0.2, -0.15) is 0 Å². The van der Waals surface area contributed by atoms with Crippen LogP contribution in [0.3, 0.4) is 0 Å². The Balaban J connectivity index is 1.59. The fourth-order valence-corrected chi connectivity index (χ4v) is 2.79. The van der Waals surface area contributed by atoms with Crippen molar-refractivity contribution in [1.82, 2.24) is 10.3 Å².